The monoisotopic (exact) mass is 240 g/mol. The van der Waals surface area contributed by atoms with Gasteiger partial charge in [0, 0.05) is 18.6 Å². The maximum Gasteiger partial charge on any atom is 0.153 e. The molecule has 0 unspecified atom stereocenters. The van der Waals surface area contributed by atoms with Crippen LogP contribution in [-0.4, -0.2) is 32.0 Å². The van der Waals surface area contributed by atoms with Gasteiger partial charge in [-0.3, -0.25) is 0 Å². The van der Waals surface area contributed by atoms with Crippen LogP contribution >= 0.6 is 0 Å². The van der Waals surface area contributed by atoms with Crippen molar-refractivity contribution in [3.63, 3.8) is 0 Å². The molecular weight excluding hydrogens is 224 g/mol. The third-order valence-corrected chi connectivity index (χ3v) is 4.57. The number of sulfone groups is 1. The van der Waals surface area contributed by atoms with Crippen LogP contribution < -0.4 is 11.1 Å². The zero-order valence-corrected chi connectivity index (χ0v) is 9.78. The second-order valence-corrected chi connectivity index (χ2v) is 6.37. The number of hydrogen-bond acceptors (Lipinski definition) is 4. The number of nitrogens with two attached hydrogens (primary N) is 1. The molecule has 0 amide bonds. The molecule has 5 heteroatoms. The lowest BCUT2D eigenvalue weighted by molar-refractivity contribution is 0.503. The first-order chi connectivity index (χ1) is 7.57. The summed E-state index contributed by atoms with van der Waals surface area (Å²) in [5.74, 6) is 0.250. The van der Waals surface area contributed by atoms with Crippen LogP contribution in [0.1, 0.15) is 5.56 Å². The fraction of sp³-hybridized carbons (Fsp3) is 0.455. The molecule has 1 aliphatic rings. The van der Waals surface area contributed by atoms with E-state index < -0.39 is 9.84 Å². The molecule has 1 saturated heterocycles. The minimum absolute atomic E-state index is 0.0967. The van der Waals surface area contributed by atoms with Crippen molar-refractivity contribution in [2.45, 2.75) is 18.6 Å². The smallest absolute Gasteiger partial charge is 0.153 e. The SMILES string of the molecule is N[C@@H]1CS(=O)(=O)C[C@H]1NCc1ccccc1. The summed E-state index contributed by atoms with van der Waals surface area (Å²) < 4.78 is 22.7. The highest BCUT2D eigenvalue weighted by Crippen LogP contribution is 2.11. The van der Waals surface area contributed by atoms with E-state index in [0.29, 0.717) is 6.54 Å². The van der Waals surface area contributed by atoms with Crippen molar-refractivity contribution in [3.05, 3.63) is 35.9 Å². The van der Waals surface area contributed by atoms with E-state index in [1.165, 1.54) is 0 Å². The molecule has 1 aromatic carbocycles. The molecular formula is C11H16N2O2S. The molecule has 0 saturated carbocycles. The molecule has 0 bridgehead atoms. The van der Waals surface area contributed by atoms with Crippen LogP contribution in [0.15, 0.2) is 30.3 Å². The fourth-order valence-electron chi connectivity index (χ4n) is 1.93. The molecule has 1 aromatic rings. The molecule has 0 aliphatic carbocycles. The first-order valence-corrected chi connectivity index (χ1v) is 7.12. The molecule has 3 N–H and O–H groups in total. The summed E-state index contributed by atoms with van der Waals surface area (Å²) in [6, 6.07) is 9.48. The molecule has 2 rings (SSSR count). The average molecular weight is 240 g/mol. The Bertz CT molecular complexity index is 444. The topological polar surface area (TPSA) is 72.2 Å². The van der Waals surface area contributed by atoms with E-state index in [1.807, 2.05) is 30.3 Å². The quantitative estimate of drug-likeness (QED) is 0.774. The van der Waals surface area contributed by atoms with Gasteiger partial charge >= 0.3 is 0 Å². The molecule has 1 fully saturated rings. The highest BCUT2D eigenvalue weighted by atomic mass is 32.2. The lowest BCUT2D eigenvalue weighted by Crippen LogP contribution is -2.43. The van der Waals surface area contributed by atoms with E-state index in [0.717, 1.165) is 5.56 Å². The van der Waals surface area contributed by atoms with Crippen LogP contribution in [0.5, 0.6) is 0 Å². The third kappa shape index (κ3) is 2.81. The molecule has 16 heavy (non-hydrogen) atoms. The minimum atomic E-state index is -2.94. The van der Waals surface area contributed by atoms with E-state index in [1.54, 1.807) is 0 Å². The average Bonchev–Trinajstić information content (AvgIpc) is 2.50. The summed E-state index contributed by atoms with van der Waals surface area (Å²) in [4.78, 5) is 0. The van der Waals surface area contributed by atoms with Crippen molar-refractivity contribution in [3.8, 4) is 0 Å². The van der Waals surface area contributed by atoms with Crippen LogP contribution in [0.2, 0.25) is 0 Å². The fourth-order valence-corrected chi connectivity index (χ4v) is 3.80. The first kappa shape index (κ1) is 11.6. The van der Waals surface area contributed by atoms with E-state index in [-0.39, 0.29) is 23.6 Å². The lowest BCUT2D eigenvalue weighted by atomic mass is 10.1. The van der Waals surface area contributed by atoms with Crippen LogP contribution in [0.25, 0.3) is 0 Å². The van der Waals surface area contributed by atoms with Gasteiger partial charge in [-0.15, -0.1) is 0 Å². The number of benzene rings is 1. The van der Waals surface area contributed by atoms with Crippen molar-refractivity contribution >= 4 is 9.84 Å². The van der Waals surface area contributed by atoms with E-state index >= 15 is 0 Å². The molecule has 4 nitrogen and oxygen atoms in total. The summed E-state index contributed by atoms with van der Waals surface area (Å²) in [6.07, 6.45) is 0. The van der Waals surface area contributed by atoms with E-state index in [9.17, 15) is 8.42 Å². The predicted octanol–water partition coefficient (Wildman–Crippen LogP) is -0.0995. The Balaban J connectivity index is 1.92. The summed E-state index contributed by atoms with van der Waals surface area (Å²) in [6.45, 7) is 0.661. The highest BCUT2D eigenvalue weighted by molar-refractivity contribution is 7.91. The van der Waals surface area contributed by atoms with Crippen LogP contribution in [-0.2, 0) is 16.4 Å². The molecule has 88 valence electrons. The highest BCUT2D eigenvalue weighted by Gasteiger charge is 2.34. The summed E-state index contributed by atoms with van der Waals surface area (Å²) in [5.41, 5.74) is 6.92. The second-order valence-electron chi connectivity index (χ2n) is 4.21. The van der Waals surface area contributed by atoms with Gasteiger partial charge in [0.1, 0.15) is 0 Å². The Morgan fingerprint density at radius 2 is 1.94 bits per heavy atom. The van der Waals surface area contributed by atoms with Crippen LogP contribution in [0, 0.1) is 0 Å². The second kappa shape index (κ2) is 4.53. The van der Waals surface area contributed by atoms with Crippen molar-refractivity contribution in [2.75, 3.05) is 11.5 Å². The molecule has 0 aromatic heterocycles. The predicted molar refractivity (Wildman–Crippen MR) is 63.7 cm³/mol. The maximum atomic E-state index is 11.3. The van der Waals surface area contributed by atoms with Gasteiger partial charge in [-0.2, -0.15) is 0 Å². The van der Waals surface area contributed by atoms with Gasteiger partial charge < -0.3 is 11.1 Å². The van der Waals surface area contributed by atoms with Crippen molar-refractivity contribution < 1.29 is 8.42 Å². The molecule has 1 aliphatic heterocycles. The Morgan fingerprint density at radius 1 is 1.25 bits per heavy atom. The molecule has 0 spiro atoms. The van der Waals surface area contributed by atoms with Gasteiger partial charge in [-0.05, 0) is 5.56 Å². The molecule has 0 radical (unpaired) electrons. The summed E-state index contributed by atoms with van der Waals surface area (Å²) in [5, 5.41) is 3.20. The summed E-state index contributed by atoms with van der Waals surface area (Å²) in [7, 11) is -2.94. The zero-order chi connectivity index (χ0) is 11.6. The van der Waals surface area contributed by atoms with Crippen molar-refractivity contribution in [2.24, 2.45) is 5.73 Å². The molecule has 2 atom stereocenters. The number of hydrogen-bond donors (Lipinski definition) is 2. The van der Waals surface area contributed by atoms with Crippen LogP contribution in [0.4, 0.5) is 0 Å². The zero-order valence-electron chi connectivity index (χ0n) is 8.96. The van der Waals surface area contributed by atoms with Crippen molar-refractivity contribution in [1.29, 1.82) is 0 Å². The standard InChI is InChI=1S/C11H16N2O2S/c12-10-7-16(14,15)8-11(10)13-6-9-4-2-1-3-5-9/h1-5,10-11,13H,6-8,12H2/t10-,11-/m1/s1. The van der Waals surface area contributed by atoms with Crippen molar-refractivity contribution in [1.82, 2.24) is 5.32 Å². The lowest BCUT2D eigenvalue weighted by Gasteiger charge is -2.15. The normalized spacial score (nSPS) is 28.1. The van der Waals surface area contributed by atoms with E-state index in [2.05, 4.69) is 5.32 Å². The van der Waals surface area contributed by atoms with Gasteiger partial charge in [-0.1, -0.05) is 30.3 Å². The first-order valence-electron chi connectivity index (χ1n) is 5.30. The Hall–Kier alpha value is -0.910. The summed E-state index contributed by atoms with van der Waals surface area (Å²) >= 11 is 0. The Morgan fingerprint density at radius 3 is 2.50 bits per heavy atom. The van der Waals surface area contributed by atoms with Gasteiger partial charge in [0.15, 0.2) is 9.84 Å². The number of rotatable bonds is 3. The van der Waals surface area contributed by atoms with Gasteiger partial charge in [0.05, 0.1) is 11.5 Å². The van der Waals surface area contributed by atoms with Crippen LogP contribution in [0.3, 0.4) is 0 Å². The Labute approximate surface area is 95.8 Å². The third-order valence-electron chi connectivity index (χ3n) is 2.81. The maximum absolute atomic E-state index is 11.3. The number of nitrogens with one attached hydrogen (secondary N) is 1. The van der Waals surface area contributed by atoms with E-state index in [4.69, 9.17) is 5.73 Å². The van der Waals surface area contributed by atoms with Gasteiger partial charge in [0.2, 0.25) is 0 Å². The minimum Gasteiger partial charge on any atom is -0.325 e. The molecule has 1 heterocycles. The largest absolute Gasteiger partial charge is 0.325 e. The Kier molecular flexibility index (Phi) is 3.28. The van der Waals surface area contributed by atoms with Gasteiger partial charge in [-0.25, -0.2) is 8.42 Å². The van der Waals surface area contributed by atoms with Gasteiger partial charge in [0.25, 0.3) is 0 Å².